The van der Waals surface area contributed by atoms with Crippen LogP contribution in [0.1, 0.15) is 17.2 Å². The van der Waals surface area contributed by atoms with Crippen LogP contribution in [0.4, 0.5) is 17.6 Å². The Hall–Kier alpha value is -0.710. The van der Waals surface area contributed by atoms with Gasteiger partial charge in [-0.25, -0.2) is 0 Å². The Labute approximate surface area is 88.7 Å². The Morgan fingerprint density at radius 3 is 2.13 bits per heavy atom. The lowest BCUT2D eigenvalue weighted by atomic mass is 10.1. The molecular formula is C10H8F4S. The van der Waals surface area contributed by atoms with Gasteiger partial charge in [-0.3, -0.25) is 0 Å². The van der Waals surface area contributed by atoms with E-state index in [9.17, 15) is 17.6 Å². The van der Waals surface area contributed by atoms with E-state index in [0.717, 1.165) is 0 Å². The molecule has 1 aromatic rings. The fourth-order valence-electron chi connectivity index (χ4n) is 1.51. The third kappa shape index (κ3) is 1.85. The minimum absolute atomic E-state index is 0.0445. The maximum atomic E-state index is 12.9. The van der Waals surface area contributed by atoms with Gasteiger partial charge in [-0.1, -0.05) is 42.1 Å². The van der Waals surface area contributed by atoms with Crippen LogP contribution in [0, 0.1) is 0 Å². The van der Waals surface area contributed by atoms with Crippen molar-refractivity contribution in [1.82, 2.24) is 0 Å². The van der Waals surface area contributed by atoms with Crippen molar-refractivity contribution in [2.45, 2.75) is 22.8 Å². The van der Waals surface area contributed by atoms with E-state index in [-0.39, 0.29) is 11.8 Å². The van der Waals surface area contributed by atoms with Crippen molar-refractivity contribution < 1.29 is 17.6 Å². The van der Waals surface area contributed by atoms with Crippen molar-refractivity contribution in [2.24, 2.45) is 0 Å². The number of hydrogen-bond donors (Lipinski definition) is 0. The van der Waals surface area contributed by atoms with E-state index >= 15 is 0 Å². The number of rotatable bonds is 1. The maximum absolute atomic E-state index is 12.9. The fourth-order valence-corrected chi connectivity index (χ4v) is 2.71. The molecule has 1 unspecified atom stereocenters. The van der Waals surface area contributed by atoms with Crippen LogP contribution in [0.25, 0.3) is 0 Å². The number of halogens is 4. The zero-order valence-electron chi connectivity index (χ0n) is 7.59. The van der Waals surface area contributed by atoms with Gasteiger partial charge in [-0.05, 0) is 5.56 Å². The van der Waals surface area contributed by atoms with Crippen molar-refractivity contribution in [3.63, 3.8) is 0 Å². The number of thioether (sulfide) groups is 1. The summed E-state index contributed by atoms with van der Waals surface area (Å²) < 4.78 is 51.5. The molecule has 0 aromatic heterocycles. The van der Waals surface area contributed by atoms with E-state index in [1.807, 2.05) is 0 Å². The molecule has 0 bridgehead atoms. The summed E-state index contributed by atoms with van der Waals surface area (Å²) in [4.78, 5) is 0. The Kier molecular flexibility index (Phi) is 2.45. The van der Waals surface area contributed by atoms with Gasteiger partial charge >= 0.3 is 11.2 Å². The first-order valence-electron chi connectivity index (χ1n) is 4.41. The van der Waals surface area contributed by atoms with Gasteiger partial charge in [0.25, 0.3) is 0 Å². The zero-order chi connectivity index (χ0) is 11.1. The first-order valence-corrected chi connectivity index (χ1v) is 5.29. The first kappa shape index (κ1) is 10.8. The average Bonchev–Trinajstić information content (AvgIpc) is 2.38. The van der Waals surface area contributed by atoms with Gasteiger partial charge in [0, 0.05) is 11.7 Å². The molecule has 2 rings (SSSR count). The third-order valence-electron chi connectivity index (χ3n) is 2.33. The molecule has 0 radical (unpaired) electrons. The smallest absolute Gasteiger partial charge is 0.199 e. The van der Waals surface area contributed by atoms with Gasteiger partial charge < -0.3 is 0 Å². The molecular weight excluding hydrogens is 228 g/mol. The SMILES string of the molecule is FC1(F)CC(c2ccccc2)SC1(F)F. The van der Waals surface area contributed by atoms with E-state index in [4.69, 9.17) is 0 Å². The minimum atomic E-state index is -3.95. The Balaban J connectivity index is 2.24. The largest absolute Gasteiger partial charge is 0.356 e. The van der Waals surface area contributed by atoms with Crippen LogP contribution < -0.4 is 0 Å². The molecule has 0 amide bonds. The lowest BCUT2D eigenvalue weighted by molar-refractivity contribution is -0.145. The second kappa shape index (κ2) is 3.40. The standard InChI is InChI=1S/C10H8F4S/c11-9(12)6-8(15-10(9,13)14)7-4-2-1-3-5-7/h1-5,8H,6H2. The van der Waals surface area contributed by atoms with E-state index in [2.05, 4.69) is 0 Å². The van der Waals surface area contributed by atoms with Gasteiger partial charge in [0.1, 0.15) is 0 Å². The summed E-state index contributed by atoms with van der Waals surface area (Å²) in [5.74, 6) is -3.90. The van der Waals surface area contributed by atoms with Gasteiger partial charge in [-0.2, -0.15) is 17.6 Å². The Morgan fingerprint density at radius 2 is 1.67 bits per heavy atom. The summed E-state index contributed by atoms with van der Waals surface area (Å²) in [6, 6.07) is 8.22. The molecule has 0 spiro atoms. The molecule has 0 nitrogen and oxygen atoms in total. The van der Waals surface area contributed by atoms with Crippen molar-refractivity contribution in [3.05, 3.63) is 35.9 Å². The minimum Gasteiger partial charge on any atom is -0.199 e. The molecule has 1 fully saturated rings. The monoisotopic (exact) mass is 236 g/mol. The highest BCUT2D eigenvalue weighted by molar-refractivity contribution is 8.00. The normalized spacial score (nSPS) is 27.9. The summed E-state index contributed by atoms with van der Waals surface area (Å²) >= 11 is 0.0445. The van der Waals surface area contributed by atoms with Crippen molar-refractivity contribution in [1.29, 1.82) is 0 Å². The van der Waals surface area contributed by atoms with Crippen molar-refractivity contribution in [3.8, 4) is 0 Å². The summed E-state index contributed by atoms with van der Waals surface area (Å²) in [7, 11) is 0. The molecule has 1 aliphatic heterocycles. The summed E-state index contributed by atoms with van der Waals surface area (Å²) in [6.07, 6.45) is -0.797. The van der Waals surface area contributed by atoms with Crippen LogP contribution in [0.3, 0.4) is 0 Å². The molecule has 1 heterocycles. The average molecular weight is 236 g/mol. The van der Waals surface area contributed by atoms with Gasteiger partial charge in [0.15, 0.2) is 0 Å². The lowest BCUT2D eigenvalue weighted by Crippen LogP contribution is -2.31. The molecule has 1 aromatic carbocycles. The molecule has 5 heteroatoms. The fraction of sp³-hybridized carbons (Fsp3) is 0.400. The van der Waals surface area contributed by atoms with Gasteiger partial charge in [0.2, 0.25) is 0 Å². The molecule has 0 aliphatic carbocycles. The lowest BCUT2D eigenvalue weighted by Gasteiger charge is -2.15. The second-order valence-electron chi connectivity index (χ2n) is 3.44. The third-order valence-corrected chi connectivity index (χ3v) is 3.65. The summed E-state index contributed by atoms with van der Waals surface area (Å²) in [5.41, 5.74) is 0.527. The van der Waals surface area contributed by atoms with Crippen molar-refractivity contribution in [2.75, 3.05) is 0 Å². The Morgan fingerprint density at radius 1 is 1.07 bits per heavy atom. The van der Waals surface area contributed by atoms with Crippen LogP contribution in [0.15, 0.2) is 30.3 Å². The van der Waals surface area contributed by atoms with Crippen LogP contribution in [-0.2, 0) is 0 Å². The van der Waals surface area contributed by atoms with Gasteiger partial charge in [0.05, 0.1) is 0 Å². The van der Waals surface area contributed by atoms with Crippen LogP contribution in [0.2, 0.25) is 0 Å². The molecule has 1 atom stereocenters. The van der Waals surface area contributed by atoms with E-state index < -0.39 is 22.8 Å². The predicted octanol–water partition coefficient (Wildman–Crippen LogP) is 4.09. The number of hydrogen-bond acceptors (Lipinski definition) is 1. The topological polar surface area (TPSA) is 0 Å². The second-order valence-corrected chi connectivity index (χ2v) is 4.76. The maximum Gasteiger partial charge on any atom is 0.356 e. The highest BCUT2D eigenvalue weighted by Gasteiger charge is 2.64. The van der Waals surface area contributed by atoms with E-state index in [1.54, 1.807) is 30.3 Å². The van der Waals surface area contributed by atoms with Crippen molar-refractivity contribution >= 4 is 11.8 Å². The van der Waals surface area contributed by atoms with Crippen LogP contribution >= 0.6 is 11.8 Å². The molecule has 15 heavy (non-hydrogen) atoms. The zero-order valence-corrected chi connectivity index (χ0v) is 8.41. The molecule has 0 N–H and O–H groups in total. The van der Waals surface area contributed by atoms with E-state index in [1.165, 1.54) is 0 Å². The van der Waals surface area contributed by atoms with Gasteiger partial charge in [-0.15, -0.1) is 0 Å². The first-order chi connectivity index (χ1) is 6.92. The number of benzene rings is 1. The number of alkyl halides is 4. The summed E-state index contributed by atoms with van der Waals surface area (Å²) in [5, 5.41) is -4.77. The molecule has 82 valence electrons. The molecule has 1 saturated heterocycles. The Bertz CT molecular complexity index is 334. The highest BCUT2D eigenvalue weighted by Crippen LogP contribution is 2.60. The van der Waals surface area contributed by atoms with Crippen LogP contribution in [-0.4, -0.2) is 11.2 Å². The summed E-state index contributed by atoms with van der Waals surface area (Å²) in [6.45, 7) is 0. The van der Waals surface area contributed by atoms with E-state index in [0.29, 0.717) is 5.56 Å². The quantitative estimate of drug-likeness (QED) is 0.662. The highest BCUT2D eigenvalue weighted by atomic mass is 32.2. The molecule has 0 saturated carbocycles. The van der Waals surface area contributed by atoms with Crippen LogP contribution in [0.5, 0.6) is 0 Å². The predicted molar refractivity (Wildman–Crippen MR) is 51.3 cm³/mol. The molecule has 1 aliphatic rings.